The fraction of sp³-hybridized carbons (Fsp3) is 0.692. The molecule has 20 heavy (non-hydrogen) atoms. The lowest BCUT2D eigenvalue weighted by Crippen LogP contribution is -2.36. The maximum atomic E-state index is 11.7. The second-order valence-corrected chi connectivity index (χ2v) is 6.08. The number of nitrogens with one attached hydrogen (secondary N) is 2. The number of hydrogen-bond acceptors (Lipinski definition) is 6. The monoisotopic (exact) mass is 297 g/mol. The van der Waals surface area contributed by atoms with E-state index < -0.39 is 0 Å². The van der Waals surface area contributed by atoms with Crippen molar-refractivity contribution in [2.24, 2.45) is 5.92 Å². The van der Waals surface area contributed by atoms with Gasteiger partial charge in [-0.25, -0.2) is 0 Å². The molecule has 1 fully saturated rings. The Bertz CT molecular complexity index is 454. The van der Waals surface area contributed by atoms with Crippen molar-refractivity contribution in [3.8, 4) is 0 Å². The summed E-state index contributed by atoms with van der Waals surface area (Å²) in [7, 11) is 1.60. The van der Waals surface area contributed by atoms with Crippen LogP contribution >= 0.6 is 11.5 Å². The summed E-state index contributed by atoms with van der Waals surface area (Å²) < 4.78 is 4.04. The van der Waals surface area contributed by atoms with Gasteiger partial charge in [0.2, 0.25) is 0 Å². The fourth-order valence-electron chi connectivity index (χ4n) is 2.38. The van der Waals surface area contributed by atoms with Crippen LogP contribution in [0.15, 0.2) is 0 Å². The van der Waals surface area contributed by atoms with Crippen LogP contribution in [0.1, 0.15) is 30.1 Å². The van der Waals surface area contributed by atoms with E-state index in [-0.39, 0.29) is 5.91 Å². The molecule has 1 aromatic heterocycles. The zero-order chi connectivity index (χ0) is 14.5. The first-order valence-electron chi connectivity index (χ1n) is 7.05. The highest BCUT2D eigenvalue weighted by Crippen LogP contribution is 2.26. The third-order valence-electron chi connectivity index (χ3n) is 3.76. The molecule has 7 heteroatoms. The van der Waals surface area contributed by atoms with Crippen LogP contribution in [0.25, 0.3) is 0 Å². The Kier molecular flexibility index (Phi) is 5.19. The van der Waals surface area contributed by atoms with E-state index in [1.165, 1.54) is 24.4 Å². The second-order valence-electron chi connectivity index (χ2n) is 5.30. The maximum Gasteiger partial charge on any atom is 0.257 e. The van der Waals surface area contributed by atoms with Crippen molar-refractivity contribution in [3.05, 3.63) is 5.56 Å². The van der Waals surface area contributed by atoms with Gasteiger partial charge >= 0.3 is 0 Å². The molecule has 0 radical (unpaired) electrons. The van der Waals surface area contributed by atoms with Gasteiger partial charge in [0.05, 0.1) is 0 Å². The Morgan fingerprint density at radius 2 is 2.20 bits per heavy atom. The largest absolute Gasteiger partial charge is 0.382 e. The molecular weight excluding hydrogens is 274 g/mol. The molecule has 2 rings (SSSR count). The Morgan fingerprint density at radius 3 is 2.85 bits per heavy atom. The Labute approximate surface area is 123 Å². The number of amides is 1. The molecule has 0 unspecified atom stereocenters. The van der Waals surface area contributed by atoms with Crippen molar-refractivity contribution < 1.29 is 4.79 Å². The molecule has 1 aliphatic rings. The highest BCUT2D eigenvalue weighted by atomic mass is 32.1. The molecule has 1 amide bonds. The van der Waals surface area contributed by atoms with Crippen LogP contribution in [-0.2, 0) is 0 Å². The van der Waals surface area contributed by atoms with E-state index in [0.717, 1.165) is 37.1 Å². The van der Waals surface area contributed by atoms with E-state index in [2.05, 4.69) is 26.8 Å². The first-order valence-corrected chi connectivity index (χ1v) is 7.82. The third-order valence-corrected chi connectivity index (χ3v) is 4.58. The lowest BCUT2D eigenvalue weighted by molar-refractivity contribution is 0.0965. The number of likely N-dealkylation sites (tertiary alicyclic amines) is 1. The molecule has 6 nitrogen and oxygen atoms in total. The fourth-order valence-corrected chi connectivity index (χ4v) is 3.12. The van der Waals surface area contributed by atoms with Gasteiger partial charge in [-0.05, 0) is 43.4 Å². The molecule has 0 bridgehead atoms. The molecule has 112 valence electrons. The normalized spacial score (nSPS) is 17.1. The summed E-state index contributed by atoms with van der Waals surface area (Å²) in [6.45, 7) is 6.43. The Morgan fingerprint density at radius 1 is 1.50 bits per heavy atom. The summed E-state index contributed by atoms with van der Waals surface area (Å²) >= 11 is 1.24. The number of carbonyl (C=O) groups excluding carboxylic acids is 1. The van der Waals surface area contributed by atoms with Crippen molar-refractivity contribution in [1.82, 2.24) is 14.6 Å². The standard InChI is InChI=1S/C13H23N5OS/c1-9-3-6-18(7-4-9)8-5-16-13-10(12(19)15-2)11(14)17-20-13/h9,16H,3-8H2,1-2H3,(H2,14,17)(H,15,19). The van der Waals surface area contributed by atoms with Gasteiger partial charge in [0.25, 0.3) is 5.91 Å². The predicted molar refractivity (Wildman–Crippen MR) is 83.2 cm³/mol. The lowest BCUT2D eigenvalue weighted by atomic mass is 9.99. The molecule has 1 aliphatic heterocycles. The van der Waals surface area contributed by atoms with E-state index >= 15 is 0 Å². The van der Waals surface area contributed by atoms with E-state index in [9.17, 15) is 4.79 Å². The number of nitrogens with two attached hydrogens (primary N) is 1. The molecule has 1 aromatic rings. The minimum absolute atomic E-state index is 0.189. The minimum atomic E-state index is -0.189. The highest BCUT2D eigenvalue weighted by Gasteiger charge is 2.19. The average Bonchev–Trinajstić information content (AvgIpc) is 2.81. The van der Waals surface area contributed by atoms with Crippen LogP contribution in [-0.4, -0.2) is 48.4 Å². The van der Waals surface area contributed by atoms with Crippen molar-refractivity contribution in [2.45, 2.75) is 19.8 Å². The number of nitrogen functional groups attached to an aromatic ring is 1. The van der Waals surface area contributed by atoms with E-state index in [4.69, 9.17) is 5.73 Å². The predicted octanol–water partition coefficient (Wildman–Crippen LogP) is 1.23. The second kappa shape index (κ2) is 6.90. The topological polar surface area (TPSA) is 83.3 Å². The summed E-state index contributed by atoms with van der Waals surface area (Å²) in [6.07, 6.45) is 2.55. The molecule has 0 saturated carbocycles. The zero-order valence-corrected chi connectivity index (χ0v) is 12.9. The maximum absolute atomic E-state index is 11.7. The van der Waals surface area contributed by atoms with E-state index in [1.54, 1.807) is 7.05 Å². The van der Waals surface area contributed by atoms with Crippen molar-refractivity contribution in [1.29, 1.82) is 0 Å². The number of piperidine rings is 1. The smallest absolute Gasteiger partial charge is 0.257 e. The number of aromatic nitrogens is 1. The third kappa shape index (κ3) is 3.61. The van der Waals surface area contributed by atoms with Crippen molar-refractivity contribution in [3.63, 3.8) is 0 Å². The van der Waals surface area contributed by atoms with Crippen LogP contribution in [0.2, 0.25) is 0 Å². The Hall–Kier alpha value is -1.34. The summed E-state index contributed by atoms with van der Waals surface area (Å²) in [5, 5.41) is 6.63. The number of carbonyl (C=O) groups is 1. The molecule has 4 N–H and O–H groups in total. The zero-order valence-electron chi connectivity index (χ0n) is 12.1. The number of rotatable bonds is 5. The first kappa shape index (κ1) is 15.1. The molecular formula is C13H23N5OS. The van der Waals surface area contributed by atoms with Gasteiger partial charge in [-0.15, -0.1) is 0 Å². The van der Waals surface area contributed by atoms with Gasteiger partial charge in [0.15, 0.2) is 5.82 Å². The molecule has 2 heterocycles. The van der Waals surface area contributed by atoms with Gasteiger partial charge in [0, 0.05) is 20.1 Å². The van der Waals surface area contributed by atoms with Crippen molar-refractivity contribution >= 4 is 28.3 Å². The molecule has 0 aromatic carbocycles. The summed E-state index contributed by atoms with van der Waals surface area (Å²) in [6, 6.07) is 0. The quantitative estimate of drug-likeness (QED) is 0.761. The SMILES string of the molecule is CNC(=O)c1c(N)nsc1NCCN1CCC(C)CC1. The number of anilines is 2. The first-order chi connectivity index (χ1) is 9.61. The summed E-state index contributed by atoms with van der Waals surface area (Å²) in [5.41, 5.74) is 6.20. The summed E-state index contributed by atoms with van der Waals surface area (Å²) in [5.74, 6) is 0.953. The van der Waals surface area contributed by atoms with Crippen LogP contribution in [0, 0.1) is 5.92 Å². The van der Waals surface area contributed by atoms with Gasteiger partial charge < -0.3 is 21.3 Å². The van der Waals surface area contributed by atoms with E-state index in [1.807, 2.05) is 0 Å². The Balaban J connectivity index is 1.84. The average molecular weight is 297 g/mol. The highest BCUT2D eigenvalue weighted by molar-refractivity contribution is 7.11. The van der Waals surface area contributed by atoms with Crippen molar-refractivity contribution in [2.75, 3.05) is 44.3 Å². The van der Waals surface area contributed by atoms with Gasteiger partial charge in [-0.3, -0.25) is 4.79 Å². The van der Waals surface area contributed by atoms with E-state index in [0.29, 0.717) is 11.4 Å². The minimum Gasteiger partial charge on any atom is -0.382 e. The van der Waals surface area contributed by atoms with Gasteiger partial charge in [-0.2, -0.15) is 4.37 Å². The van der Waals surface area contributed by atoms with Crippen LogP contribution in [0.4, 0.5) is 10.8 Å². The number of nitrogens with zero attached hydrogens (tertiary/aromatic N) is 2. The molecule has 0 atom stereocenters. The molecule has 0 aliphatic carbocycles. The lowest BCUT2D eigenvalue weighted by Gasteiger charge is -2.30. The van der Waals surface area contributed by atoms with Gasteiger partial charge in [-0.1, -0.05) is 6.92 Å². The van der Waals surface area contributed by atoms with Crippen LogP contribution in [0.5, 0.6) is 0 Å². The van der Waals surface area contributed by atoms with Crippen LogP contribution < -0.4 is 16.4 Å². The molecule has 0 spiro atoms. The molecule has 1 saturated heterocycles. The van der Waals surface area contributed by atoms with Crippen LogP contribution in [0.3, 0.4) is 0 Å². The number of hydrogen-bond donors (Lipinski definition) is 3. The summed E-state index contributed by atoms with van der Waals surface area (Å²) in [4.78, 5) is 14.2. The van der Waals surface area contributed by atoms with Gasteiger partial charge in [0.1, 0.15) is 10.6 Å².